The summed E-state index contributed by atoms with van der Waals surface area (Å²) in [5, 5.41) is 9.78. The van der Waals surface area contributed by atoms with Gasteiger partial charge in [-0.25, -0.2) is 4.98 Å². The Hall–Kier alpha value is -0.970. The van der Waals surface area contributed by atoms with Crippen molar-refractivity contribution in [1.82, 2.24) is 9.55 Å². The molecule has 1 aromatic rings. The van der Waals surface area contributed by atoms with Gasteiger partial charge < -0.3 is 9.67 Å². The Labute approximate surface area is 111 Å². The van der Waals surface area contributed by atoms with E-state index in [0.717, 1.165) is 36.2 Å². The van der Waals surface area contributed by atoms with Crippen molar-refractivity contribution in [2.45, 2.75) is 43.9 Å². The first-order valence-corrected chi connectivity index (χ1v) is 7.66. The second-order valence-corrected chi connectivity index (χ2v) is 6.62. The topological polar surface area (TPSA) is 55.1 Å². The summed E-state index contributed by atoms with van der Waals surface area (Å²) in [5.41, 5.74) is 1.15. The number of carboxylic acids is 1. The number of imidazole rings is 1. The van der Waals surface area contributed by atoms with E-state index in [2.05, 4.69) is 15.7 Å². The summed E-state index contributed by atoms with van der Waals surface area (Å²) in [6.07, 6.45) is 7.12. The van der Waals surface area contributed by atoms with Crippen molar-refractivity contribution in [2.75, 3.05) is 5.75 Å². The van der Waals surface area contributed by atoms with Gasteiger partial charge in [0, 0.05) is 30.8 Å². The minimum atomic E-state index is -0.683. The number of aryl methyl sites for hydroxylation is 1. The molecule has 0 bridgehead atoms. The van der Waals surface area contributed by atoms with Gasteiger partial charge >= 0.3 is 5.97 Å². The molecular formula is C13H18N2O2S. The Balaban J connectivity index is 1.70. The summed E-state index contributed by atoms with van der Waals surface area (Å²) in [4.78, 5) is 15.6. The zero-order valence-electron chi connectivity index (χ0n) is 10.3. The Morgan fingerprint density at radius 3 is 3.17 bits per heavy atom. The summed E-state index contributed by atoms with van der Waals surface area (Å²) in [6.45, 7) is 0.803. The molecule has 5 heteroatoms. The van der Waals surface area contributed by atoms with Crippen LogP contribution in [-0.2, 0) is 24.2 Å². The summed E-state index contributed by atoms with van der Waals surface area (Å²) in [7, 11) is 0. The molecule has 1 saturated heterocycles. The van der Waals surface area contributed by atoms with Crippen LogP contribution in [0, 0.1) is 5.92 Å². The van der Waals surface area contributed by atoms with Crippen molar-refractivity contribution in [3.63, 3.8) is 0 Å². The van der Waals surface area contributed by atoms with Crippen LogP contribution in [0.15, 0.2) is 6.20 Å². The van der Waals surface area contributed by atoms with Crippen LogP contribution in [0.2, 0.25) is 0 Å². The van der Waals surface area contributed by atoms with Gasteiger partial charge in [0.1, 0.15) is 5.82 Å². The van der Waals surface area contributed by atoms with Crippen LogP contribution in [-0.4, -0.2) is 31.6 Å². The maximum absolute atomic E-state index is 11.0. The SMILES string of the molecule is O=C(O)C1CCn2cc(CC3CCCS3)nc2C1. The molecule has 1 aromatic heterocycles. The maximum atomic E-state index is 11.0. The first kappa shape index (κ1) is 12.1. The molecule has 0 amide bonds. The third kappa shape index (κ3) is 2.41. The monoisotopic (exact) mass is 266 g/mol. The lowest BCUT2D eigenvalue weighted by Gasteiger charge is -2.19. The molecule has 98 valence electrons. The third-order valence-electron chi connectivity index (χ3n) is 3.87. The van der Waals surface area contributed by atoms with Crippen molar-refractivity contribution in [1.29, 1.82) is 0 Å². The average Bonchev–Trinajstić information content (AvgIpc) is 2.96. The van der Waals surface area contributed by atoms with E-state index < -0.39 is 5.97 Å². The van der Waals surface area contributed by atoms with E-state index in [1.54, 1.807) is 0 Å². The van der Waals surface area contributed by atoms with Gasteiger partial charge in [0.15, 0.2) is 0 Å². The van der Waals surface area contributed by atoms with Gasteiger partial charge in [0.2, 0.25) is 0 Å². The van der Waals surface area contributed by atoms with Gasteiger partial charge in [-0.2, -0.15) is 11.8 Å². The number of fused-ring (bicyclic) bond motifs is 1. The van der Waals surface area contributed by atoms with E-state index >= 15 is 0 Å². The van der Waals surface area contributed by atoms with Crippen LogP contribution in [0.25, 0.3) is 0 Å². The summed E-state index contributed by atoms with van der Waals surface area (Å²) in [6, 6.07) is 0. The molecule has 0 spiro atoms. The van der Waals surface area contributed by atoms with E-state index in [1.165, 1.54) is 18.6 Å². The summed E-state index contributed by atoms with van der Waals surface area (Å²) < 4.78 is 2.15. The largest absolute Gasteiger partial charge is 0.481 e. The summed E-state index contributed by atoms with van der Waals surface area (Å²) in [5.74, 6) is 1.32. The van der Waals surface area contributed by atoms with Crippen LogP contribution in [0.4, 0.5) is 0 Å². The molecule has 2 unspecified atom stereocenters. The van der Waals surface area contributed by atoms with Gasteiger partial charge in [-0.05, 0) is 25.0 Å². The van der Waals surface area contributed by atoms with E-state index in [-0.39, 0.29) is 5.92 Å². The molecule has 0 aliphatic carbocycles. The average molecular weight is 266 g/mol. The van der Waals surface area contributed by atoms with Crippen molar-refractivity contribution in [2.24, 2.45) is 5.92 Å². The summed E-state index contributed by atoms with van der Waals surface area (Å²) >= 11 is 2.05. The highest BCUT2D eigenvalue weighted by atomic mass is 32.2. The van der Waals surface area contributed by atoms with Crippen LogP contribution in [0.3, 0.4) is 0 Å². The first-order chi connectivity index (χ1) is 8.72. The van der Waals surface area contributed by atoms with Gasteiger partial charge in [-0.1, -0.05) is 0 Å². The highest BCUT2D eigenvalue weighted by Crippen LogP contribution is 2.29. The number of hydrogen-bond donors (Lipinski definition) is 1. The smallest absolute Gasteiger partial charge is 0.307 e. The number of hydrogen-bond acceptors (Lipinski definition) is 3. The standard InChI is InChI=1S/C13H18N2O2S/c16-13(17)9-3-4-15-8-10(14-12(15)6-9)7-11-2-1-5-18-11/h8-9,11H,1-7H2,(H,16,17). The van der Waals surface area contributed by atoms with Crippen LogP contribution < -0.4 is 0 Å². The second-order valence-electron chi connectivity index (χ2n) is 5.21. The molecule has 2 aliphatic rings. The predicted octanol–water partition coefficient (Wildman–Crippen LogP) is 1.97. The van der Waals surface area contributed by atoms with E-state index in [1.807, 2.05) is 11.8 Å². The van der Waals surface area contributed by atoms with Gasteiger partial charge in [-0.15, -0.1) is 0 Å². The Morgan fingerprint density at radius 1 is 1.56 bits per heavy atom. The highest BCUT2D eigenvalue weighted by Gasteiger charge is 2.26. The Bertz CT molecular complexity index is 452. The lowest BCUT2D eigenvalue weighted by molar-refractivity contribution is -0.142. The van der Waals surface area contributed by atoms with E-state index in [9.17, 15) is 4.79 Å². The van der Waals surface area contributed by atoms with E-state index in [4.69, 9.17) is 5.11 Å². The molecule has 0 saturated carbocycles. The van der Waals surface area contributed by atoms with Crippen LogP contribution in [0.1, 0.15) is 30.8 Å². The molecular weight excluding hydrogens is 248 g/mol. The quantitative estimate of drug-likeness (QED) is 0.908. The number of nitrogens with zero attached hydrogens (tertiary/aromatic N) is 2. The molecule has 1 fully saturated rings. The zero-order valence-corrected chi connectivity index (χ0v) is 11.2. The molecule has 2 aliphatic heterocycles. The molecule has 2 atom stereocenters. The minimum absolute atomic E-state index is 0.242. The Kier molecular flexibility index (Phi) is 3.33. The highest BCUT2D eigenvalue weighted by molar-refractivity contribution is 8.00. The molecule has 3 heterocycles. The molecule has 18 heavy (non-hydrogen) atoms. The van der Waals surface area contributed by atoms with Crippen molar-refractivity contribution in [3.05, 3.63) is 17.7 Å². The van der Waals surface area contributed by atoms with Crippen molar-refractivity contribution in [3.8, 4) is 0 Å². The molecule has 1 N–H and O–H groups in total. The van der Waals surface area contributed by atoms with Crippen LogP contribution in [0.5, 0.6) is 0 Å². The van der Waals surface area contributed by atoms with Gasteiger partial charge in [0.25, 0.3) is 0 Å². The number of rotatable bonds is 3. The molecule has 4 nitrogen and oxygen atoms in total. The lowest BCUT2D eigenvalue weighted by atomic mass is 9.98. The number of carbonyl (C=O) groups is 1. The number of aromatic nitrogens is 2. The zero-order chi connectivity index (χ0) is 12.5. The van der Waals surface area contributed by atoms with E-state index in [0.29, 0.717) is 6.42 Å². The normalized spacial score (nSPS) is 27.1. The predicted molar refractivity (Wildman–Crippen MR) is 70.9 cm³/mol. The fraction of sp³-hybridized carbons (Fsp3) is 0.692. The van der Waals surface area contributed by atoms with Gasteiger partial charge in [-0.3, -0.25) is 4.79 Å². The van der Waals surface area contributed by atoms with Gasteiger partial charge in [0.05, 0.1) is 11.6 Å². The number of aliphatic carboxylic acids is 1. The number of thioether (sulfide) groups is 1. The first-order valence-electron chi connectivity index (χ1n) is 6.61. The molecule has 0 radical (unpaired) electrons. The van der Waals surface area contributed by atoms with Crippen molar-refractivity contribution >= 4 is 17.7 Å². The van der Waals surface area contributed by atoms with Crippen LogP contribution >= 0.6 is 11.8 Å². The molecule has 0 aromatic carbocycles. The minimum Gasteiger partial charge on any atom is -0.481 e. The maximum Gasteiger partial charge on any atom is 0.307 e. The third-order valence-corrected chi connectivity index (χ3v) is 5.26. The van der Waals surface area contributed by atoms with Crippen molar-refractivity contribution < 1.29 is 9.90 Å². The fourth-order valence-electron chi connectivity index (χ4n) is 2.83. The lowest BCUT2D eigenvalue weighted by Crippen LogP contribution is -2.25. The Morgan fingerprint density at radius 2 is 2.44 bits per heavy atom. The number of carboxylic acid groups (broad SMARTS) is 1. The molecule has 3 rings (SSSR count). The second kappa shape index (κ2) is 4.96. The fourth-order valence-corrected chi connectivity index (χ4v) is 4.12.